The highest BCUT2D eigenvalue weighted by Gasteiger charge is 2.09. The predicted molar refractivity (Wildman–Crippen MR) is 66.3 cm³/mol. The topological polar surface area (TPSA) is 32.3 Å². The van der Waals surface area contributed by atoms with Gasteiger partial charge in [-0.3, -0.25) is 4.79 Å². The molecule has 0 aliphatic heterocycles. The third-order valence-electron chi connectivity index (χ3n) is 2.59. The number of likely N-dealkylation sites (N-methyl/N-ethyl adjacent to an activating group) is 1. The molecule has 0 spiro atoms. The lowest BCUT2D eigenvalue weighted by Crippen LogP contribution is -2.30. The molecule has 1 amide bonds. The average molecular weight is 238 g/mol. The Hall–Kier alpha value is -1.42. The van der Waals surface area contributed by atoms with E-state index < -0.39 is 0 Å². The summed E-state index contributed by atoms with van der Waals surface area (Å²) in [7, 11) is 3.66. The van der Waals surface area contributed by atoms with Crippen LogP contribution in [0.1, 0.15) is 12.0 Å². The molecule has 0 aliphatic carbocycles. The van der Waals surface area contributed by atoms with Gasteiger partial charge in [-0.05, 0) is 37.7 Å². The summed E-state index contributed by atoms with van der Waals surface area (Å²) in [5.41, 5.74) is 0.718. The highest BCUT2D eigenvalue weighted by molar-refractivity contribution is 5.78. The van der Waals surface area contributed by atoms with Gasteiger partial charge in [0.15, 0.2) is 0 Å². The van der Waals surface area contributed by atoms with Crippen molar-refractivity contribution in [3.8, 4) is 0 Å². The fourth-order valence-electron chi connectivity index (χ4n) is 1.57. The minimum Gasteiger partial charge on any atom is -0.345 e. The quantitative estimate of drug-likeness (QED) is 0.761. The molecule has 1 aromatic rings. The Morgan fingerprint density at radius 1 is 1.47 bits per heavy atom. The molecule has 0 aromatic heterocycles. The van der Waals surface area contributed by atoms with Crippen molar-refractivity contribution < 1.29 is 9.18 Å². The number of nitrogens with zero attached hydrogens (tertiary/aromatic N) is 1. The minimum absolute atomic E-state index is 0.0201. The third-order valence-corrected chi connectivity index (χ3v) is 2.59. The standard InChI is InChI=1S/C13H19FN2O/c1-15-7-4-8-16(2)13(17)10-11-5-3-6-12(14)9-11/h3,5-6,9,15H,4,7-8,10H2,1-2H3. The van der Waals surface area contributed by atoms with Gasteiger partial charge < -0.3 is 10.2 Å². The molecular formula is C13H19FN2O. The Kier molecular flexibility index (Phi) is 5.63. The maximum atomic E-state index is 12.9. The molecule has 4 heteroatoms. The Labute approximate surface area is 102 Å². The molecule has 0 bridgehead atoms. The molecule has 1 N–H and O–H groups in total. The van der Waals surface area contributed by atoms with Crippen molar-refractivity contribution >= 4 is 5.91 Å². The van der Waals surface area contributed by atoms with E-state index in [4.69, 9.17) is 0 Å². The van der Waals surface area contributed by atoms with E-state index in [0.717, 1.165) is 25.1 Å². The zero-order valence-corrected chi connectivity index (χ0v) is 10.4. The van der Waals surface area contributed by atoms with Crippen LogP contribution in [0.25, 0.3) is 0 Å². The van der Waals surface area contributed by atoms with Gasteiger partial charge in [0.2, 0.25) is 5.91 Å². The Morgan fingerprint density at radius 2 is 2.24 bits per heavy atom. The second-order valence-electron chi connectivity index (χ2n) is 4.08. The molecule has 0 saturated heterocycles. The fraction of sp³-hybridized carbons (Fsp3) is 0.462. The summed E-state index contributed by atoms with van der Waals surface area (Å²) in [6, 6.07) is 6.17. The molecule has 0 aliphatic rings. The lowest BCUT2D eigenvalue weighted by molar-refractivity contribution is -0.129. The number of carbonyl (C=O) groups is 1. The van der Waals surface area contributed by atoms with E-state index in [1.54, 1.807) is 24.1 Å². The normalized spacial score (nSPS) is 10.3. The van der Waals surface area contributed by atoms with Crippen LogP contribution in [0.15, 0.2) is 24.3 Å². The number of benzene rings is 1. The van der Waals surface area contributed by atoms with Crippen molar-refractivity contribution in [2.75, 3.05) is 27.2 Å². The van der Waals surface area contributed by atoms with Crippen LogP contribution < -0.4 is 5.32 Å². The first kappa shape index (κ1) is 13.6. The number of nitrogens with one attached hydrogen (secondary N) is 1. The maximum absolute atomic E-state index is 12.9. The first-order valence-corrected chi connectivity index (χ1v) is 5.76. The monoisotopic (exact) mass is 238 g/mol. The molecule has 0 saturated carbocycles. The number of carbonyl (C=O) groups excluding carboxylic acids is 1. The Morgan fingerprint density at radius 3 is 2.88 bits per heavy atom. The average Bonchev–Trinajstić information content (AvgIpc) is 2.29. The first-order chi connectivity index (χ1) is 8.13. The van der Waals surface area contributed by atoms with E-state index in [1.165, 1.54) is 12.1 Å². The minimum atomic E-state index is -0.298. The van der Waals surface area contributed by atoms with Crippen LogP contribution >= 0.6 is 0 Å². The molecule has 0 fully saturated rings. The van der Waals surface area contributed by atoms with Crippen molar-refractivity contribution in [2.45, 2.75) is 12.8 Å². The van der Waals surface area contributed by atoms with E-state index in [0.29, 0.717) is 0 Å². The molecule has 17 heavy (non-hydrogen) atoms. The van der Waals surface area contributed by atoms with Crippen molar-refractivity contribution in [3.63, 3.8) is 0 Å². The number of hydrogen-bond acceptors (Lipinski definition) is 2. The van der Waals surface area contributed by atoms with Crippen LogP contribution in [0.5, 0.6) is 0 Å². The summed E-state index contributed by atoms with van der Waals surface area (Å²) in [4.78, 5) is 13.5. The van der Waals surface area contributed by atoms with Crippen molar-refractivity contribution in [3.05, 3.63) is 35.6 Å². The molecule has 0 unspecified atom stereocenters. The molecule has 0 atom stereocenters. The highest BCUT2D eigenvalue weighted by Crippen LogP contribution is 2.05. The van der Waals surface area contributed by atoms with Crippen LogP contribution in [0.4, 0.5) is 4.39 Å². The number of rotatable bonds is 6. The lowest BCUT2D eigenvalue weighted by atomic mass is 10.1. The second-order valence-corrected chi connectivity index (χ2v) is 4.08. The maximum Gasteiger partial charge on any atom is 0.226 e. The van der Waals surface area contributed by atoms with Gasteiger partial charge in [0.25, 0.3) is 0 Å². The van der Waals surface area contributed by atoms with Gasteiger partial charge in [-0.1, -0.05) is 12.1 Å². The molecule has 1 aromatic carbocycles. The second kappa shape index (κ2) is 7.01. The summed E-state index contributed by atoms with van der Waals surface area (Å²) < 4.78 is 12.9. The van der Waals surface area contributed by atoms with Crippen LogP contribution in [0.3, 0.4) is 0 Å². The van der Waals surface area contributed by atoms with Crippen LogP contribution in [0, 0.1) is 5.82 Å². The van der Waals surface area contributed by atoms with Gasteiger partial charge in [-0.25, -0.2) is 4.39 Å². The van der Waals surface area contributed by atoms with Crippen LogP contribution in [0.2, 0.25) is 0 Å². The molecular weight excluding hydrogens is 219 g/mol. The van der Waals surface area contributed by atoms with Crippen LogP contribution in [-0.4, -0.2) is 38.0 Å². The summed E-state index contributed by atoms with van der Waals surface area (Å²) >= 11 is 0. The van der Waals surface area contributed by atoms with Crippen LogP contribution in [-0.2, 0) is 11.2 Å². The van der Waals surface area contributed by atoms with Crippen molar-refractivity contribution in [1.82, 2.24) is 10.2 Å². The van der Waals surface area contributed by atoms with Gasteiger partial charge in [0.05, 0.1) is 6.42 Å². The van der Waals surface area contributed by atoms with Gasteiger partial charge in [0.1, 0.15) is 5.82 Å². The largest absolute Gasteiger partial charge is 0.345 e. The van der Waals surface area contributed by atoms with Gasteiger partial charge in [0, 0.05) is 13.6 Å². The fourth-order valence-corrected chi connectivity index (χ4v) is 1.57. The number of amides is 1. The first-order valence-electron chi connectivity index (χ1n) is 5.76. The molecule has 3 nitrogen and oxygen atoms in total. The Bertz CT molecular complexity index is 368. The summed E-state index contributed by atoms with van der Waals surface area (Å²) in [5.74, 6) is -0.278. The van der Waals surface area contributed by atoms with E-state index in [2.05, 4.69) is 5.32 Å². The molecule has 0 heterocycles. The van der Waals surface area contributed by atoms with Gasteiger partial charge in [-0.2, -0.15) is 0 Å². The molecule has 94 valence electrons. The third kappa shape index (κ3) is 4.95. The zero-order valence-electron chi connectivity index (χ0n) is 10.4. The summed E-state index contributed by atoms with van der Waals surface area (Å²) in [6.07, 6.45) is 1.18. The molecule has 1 rings (SSSR count). The molecule has 0 radical (unpaired) electrons. The number of hydrogen-bond donors (Lipinski definition) is 1. The highest BCUT2D eigenvalue weighted by atomic mass is 19.1. The summed E-state index contributed by atoms with van der Waals surface area (Å²) in [5, 5.41) is 3.03. The smallest absolute Gasteiger partial charge is 0.226 e. The van der Waals surface area contributed by atoms with E-state index in [9.17, 15) is 9.18 Å². The lowest BCUT2D eigenvalue weighted by Gasteiger charge is -2.17. The SMILES string of the molecule is CNCCCN(C)C(=O)Cc1cccc(F)c1. The summed E-state index contributed by atoms with van der Waals surface area (Å²) in [6.45, 7) is 1.60. The van der Waals surface area contributed by atoms with Crippen molar-refractivity contribution in [2.24, 2.45) is 0 Å². The zero-order chi connectivity index (χ0) is 12.7. The van der Waals surface area contributed by atoms with E-state index >= 15 is 0 Å². The van der Waals surface area contributed by atoms with E-state index in [-0.39, 0.29) is 18.1 Å². The van der Waals surface area contributed by atoms with Gasteiger partial charge >= 0.3 is 0 Å². The number of halogens is 1. The van der Waals surface area contributed by atoms with Gasteiger partial charge in [-0.15, -0.1) is 0 Å². The van der Waals surface area contributed by atoms with Crippen molar-refractivity contribution in [1.29, 1.82) is 0 Å². The Balaban J connectivity index is 2.43. The predicted octanol–water partition coefficient (Wildman–Crippen LogP) is 1.44. The van der Waals surface area contributed by atoms with E-state index in [1.807, 2.05) is 7.05 Å².